The summed E-state index contributed by atoms with van der Waals surface area (Å²) in [4.78, 5) is 11.2. The fourth-order valence-electron chi connectivity index (χ4n) is 1.59. The van der Waals surface area contributed by atoms with Crippen molar-refractivity contribution in [3.05, 3.63) is 11.9 Å². The predicted octanol–water partition coefficient (Wildman–Crippen LogP) is 2.68. The Morgan fingerprint density at radius 3 is 2.53 bits per heavy atom. The van der Waals surface area contributed by atoms with Gasteiger partial charge in [-0.2, -0.15) is 0 Å². The number of aromatic nitrogens is 2. The average Bonchev–Trinajstić information content (AvgIpc) is 2.43. The molecule has 0 radical (unpaired) electrons. The van der Waals surface area contributed by atoms with Crippen molar-refractivity contribution in [2.75, 3.05) is 30.9 Å². The van der Waals surface area contributed by atoms with Crippen molar-refractivity contribution in [3.63, 3.8) is 0 Å². The van der Waals surface area contributed by atoms with E-state index in [9.17, 15) is 0 Å². The number of anilines is 2. The maximum atomic E-state index is 5.39. The fraction of sp³-hybridized carbons (Fsp3) is 0.714. The number of ether oxygens (including phenoxy) is 1. The molecule has 0 bridgehead atoms. The van der Waals surface area contributed by atoms with E-state index < -0.39 is 0 Å². The van der Waals surface area contributed by atoms with Gasteiger partial charge < -0.3 is 15.0 Å². The summed E-state index contributed by atoms with van der Waals surface area (Å²) >= 11 is 0. The van der Waals surface area contributed by atoms with Crippen LogP contribution in [0.25, 0.3) is 0 Å². The van der Waals surface area contributed by atoms with Gasteiger partial charge in [0.05, 0.1) is 0 Å². The minimum absolute atomic E-state index is 0.0578. The second-order valence-corrected chi connectivity index (χ2v) is 5.14. The Morgan fingerprint density at radius 2 is 2.00 bits per heavy atom. The highest BCUT2D eigenvalue weighted by Crippen LogP contribution is 2.24. The van der Waals surface area contributed by atoms with Crippen molar-refractivity contribution in [1.29, 1.82) is 0 Å². The first-order valence-corrected chi connectivity index (χ1v) is 6.81. The summed E-state index contributed by atoms with van der Waals surface area (Å²) in [7, 11) is 3.93. The smallest absolute Gasteiger partial charge is 0.158 e. The summed E-state index contributed by atoms with van der Waals surface area (Å²) in [6.07, 6.45) is 1.04. The molecule has 0 saturated heterocycles. The van der Waals surface area contributed by atoms with Crippen LogP contribution in [0, 0.1) is 0 Å². The third-order valence-corrected chi connectivity index (χ3v) is 3.57. The SMILES string of the molecule is CCOCc1nc(NC)cc(N(C)C(C)(C)CC)n1. The van der Waals surface area contributed by atoms with E-state index in [0.29, 0.717) is 19.0 Å². The van der Waals surface area contributed by atoms with E-state index in [2.05, 4.69) is 48.0 Å². The maximum absolute atomic E-state index is 5.39. The first-order valence-electron chi connectivity index (χ1n) is 6.81. The quantitative estimate of drug-likeness (QED) is 0.822. The van der Waals surface area contributed by atoms with Gasteiger partial charge in [0.1, 0.15) is 18.2 Å². The molecular formula is C14H26N4O. The molecule has 5 heteroatoms. The van der Waals surface area contributed by atoms with Crippen molar-refractivity contribution in [2.45, 2.75) is 46.3 Å². The maximum Gasteiger partial charge on any atom is 0.158 e. The van der Waals surface area contributed by atoms with Gasteiger partial charge in [0.25, 0.3) is 0 Å². The van der Waals surface area contributed by atoms with Crippen LogP contribution in [-0.2, 0) is 11.3 Å². The van der Waals surface area contributed by atoms with Gasteiger partial charge in [-0.25, -0.2) is 9.97 Å². The highest BCUT2D eigenvalue weighted by Gasteiger charge is 2.23. The molecule has 5 nitrogen and oxygen atoms in total. The molecule has 0 amide bonds. The van der Waals surface area contributed by atoms with Gasteiger partial charge in [0.15, 0.2) is 5.82 Å². The molecule has 0 unspecified atom stereocenters. The Bertz CT molecular complexity index is 406. The Labute approximate surface area is 116 Å². The average molecular weight is 266 g/mol. The van der Waals surface area contributed by atoms with E-state index >= 15 is 0 Å². The predicted molar refractivity (Wildman–Crippen MR) is 79.7 cm³/mol. The van der Waals surface area contributed by atoms with Crippen LogP contribution >= 0.6 is 0 Å². The Morgan fingerprint density at radius 1 is 1.32 bits per heavy atom. The van der Waals surface area contributed by atoms with Gasteiger partial charge >= 0.3 is 0 Å². The minimum Gasteiger partial charge on any atom is -0.374 e. The van der Waals surface area contributed by atoms with Crippen LogP contribution in [-0.4, -0.2) is 36.2 Å². The second-order valence-electron chi connectivity index (χ2n) is 5.14. The zero-order valence-electron chi connectivity index (χ0n) is 12.9. The van der Waals surface area contributed by atoms with Crippen molar-refractivity contribution < 1.29 is 4.74 Å². The summed E-state index contributed by atoms with van der Waals surface area (Å²) in [5, 5.41) is 3.08. The van der Waals surface area contributed by atoms with Crippen LogP contribution in [0.2, 0.25) is 0 Å². The number of nitrogens with one attached hydrogen (secondary N) is 1. The molecule has 0 aliphatic rings. The first kappa shape index (κ1) is 15.7. The molecule has 0 aromatic carbocycles. The molecule has 1 N–H and O–H groups in total. The molecule has 1 aromatic rings. The molecule has 0 fully saturated rings. The van der Waals surface area contributed by atoms with Crippen molar-refractivity contribution in [1.82, 2.24) is 9.97 Å². The van der Waals surface area contributed by atoms with Crippen LogP contribution in [0.1, 0.15) is 39.9 Å². The van der Waals surface area contributed by atoms with Crippen LogP contribution in [0.15, 0.2) is 6.07 Å². The van der Waals surface area contributed by atoms with Crippen molar-refractivity contribution >= 4 is 11.6 Å². The minimum atomic E-state index is 0.0578. The lowest BCUT2D eigenvalue weighted by Crippen LogP contribution is -2.41. The largest absolute Gasteiger partial charge is 0.374 e. The monoisotopic (exact) mass is 266 g/mol. The standard InChI is InChI=1S/C14H26N4O/c1-7-14(3,4)18(6)13-9-11(15-5)16-12(17-13)10-19-8-2/h9H,7-8,10H2,1-6H3,(H,15,16,17). The van der Waals surface area contributed by atoms with E-state index in [0.717, 1.165) is 18.1 Å². The molecule has 0 spiro atoms. The zero-order valence-corrected chi connectivity index (χ0v) is 12.9. The van der Waals surface area contributed by atoms with Crippen molar-refractivity contribution in [2.24, 2.45) is 0 Å². The summed E-state index contributed by atoms with van der Waals surface area (Å²) in [5.41, 5.74) is 0.0578. The number of hydrogen-bond donors (Lipinski definition) is 1. The highest BCUT2D eigenvalue weighted by atomic mass is 16.5. The molecule has 0 atom stereocenters. The van der Waals surface area contributed by atoms with E-state index in [4.69, 9.17) is 4.74 Å². The van der Waals surface area contributed by atoms with E-state index in [1.54, 1.807) is 0 Å². The third-order valence-electron chi connectivity index (χ3n) is 3.57. The Kier molecular flexibility index (Phi) is 5.54. The van der Waals surface area contributed by atoms with Gasteiger partial charge in [-0.1, -0.05) is 6.92 Å². The van der Waals surface area contributed by atoms with Gasteiger partial charge in [0.2, 0.25) is 0 Å². The molecule has 0 aliphatic carbocycles. The van der Waals surface area contributed by atoms with Crippen molar-refractivity contribution in [3.8, 4) is 0 Å². The fourth-order valence-corrected chi connectivity index (χ4v) is 1.59. The van der Waals surface area contributed by atoms with E-state index in [1.807, 2.05) is 20.0 Å². The van der Waals surface area contributed by atoms with Crippen LogP contribution < -0.4 is 10.2 Å². The summed E-state index contributed by atoms with van der Waals surface area (Å²) in [6, 6.07) is 1.97. The van der Waals surface area contributed by atoms with Crippen LogP contribution in [0.3, 0.4) is 0 Å². The number of hydrogen-bond acceptors (Lipinski definition) is 5. The topological polar surface area (TPSA) is 50.3 Å². The van der Waals surface area contributed by atoms with E-state index in [-0.39, 0.29) is 5.54 Å². The summed E-state index contributed by atoms with van der Waals surface area (Å²) in [5.74, 6) is 2.45. The molecular weight excluding hydrogens is 240 g/mol. The summed E-state index contributed by atoms with van der Waals surface area (Å²) in [6.45, 7) is 9.66. The lowest BCUT2D eigenvalue weighted by atomic mass is 10.00. The molecule has 108 valence electrons. The second kappa shape index (κ2) is 6.70. The van der Waals surface area contributed by atoms with Gasteiger partial charge in [0, 0.05) is 32.3 Å². The highest BCUT2D eigenvalue weighted by molar-refractivity contribution is 5.50. The molecule has 1 heterocycles. The third kappa shape index (κ3) is 4.06. The lowest BCUT2D eigenvalue weighted by molar-refractivity contribution is 0.128. The Hall–Kier alpha value is -1.36. The first-order chi connectivity index (χ1) is 8.94. The molecule has 1 rings (SSSR count). The van der Waals surface area contributed by atoms with E-state index in [1.165, 1.54) is 0 Å². The lowest BCUT2D eigenvalue weighted by Gasteiger charge is -2.36. The molecule has 0 saturated carbocycles. The van der Waals surface area contributed by atoms with Gasteiger partial charge in [-0.15, -0.1) is 0 Å². The van der Waals surface area contributed by atoms with Crippen LogP contribution in [0.5, 0.6) is 0 Å². The number of rotatable bonds is 7. The van der Waals surface area contributed by atoms with Gasteiger partial charge in [-0.05, 0) is 27.2 Å². The molecule has 1 aromatic heterocycles. The zero-order chi connectivity index (χ0) is 14.5. The summed E-state index contributed by atoms with van der Waals surface area (Å²) < 4.78 is 5.39. The molecule has 0 aliphatic heterocycles. The Balaban J connectivity index is 3.05. The van der Waals surface area contributed by atoms with Crippen LogP contribution in [0.4, 0.5) is 11.6 Å². The normalized spacial score (nSPS) is 11.5. The number of nitrogens with zero attached hydrogens (tertiary/aromatic N) is 3. The molecule has 19 heavy (non-hydrogen) atoms. The van der Waals surface area contributed by atoms with Gasteiger partial charge in [-0.3, -0.25) is 0 Å².